The second-order valence-corrected chi connectivity index (χ2v) is 13.0. The van der Waals surface area contributed by atoms with Gasteiger partial charge in [-0.05, 0) is 47.6 Å². The Morgan fingerprint density at radius 1 is 1.05 bits per heavy atom. The van der Waals surface area contributed by atoms with Crippen molar-refractivity contribution in [3.63, 3.8) is 0 Å². The van der Waals surface area contributed by atoms with Crippen LogP contribution in [0.4, 0.5) is 5.69 Å². The van der Waals surface area contributed by atoms with E-state index >= 15 is 0 Å². The second kappa shape index (κ2) is 14.0. The molecule has 2 amide bonds. The number of rotatable bonds is 9. The third-order valence-corrected chi connectivity index (χ3v) is 8.71. The zero-order chi connectivity index (χ0) is 31.1. The van der Waals surface area contributed by atoms with Crippen molar-refractivity contribution in [2.75, 3.05) is 11.4 Å². The number of hydrogen-bond donors (Lipinski definition) is 1. The third kappa shape index (κ3) is 7.46. The number of anilines is 1. The van der Waals surface area contributed by atoms with Crippen LogP contribution >= 0.6 is 0 Å². The third-order valence-electron chi connectivity index (χ3n) is 8.71. The van der Waals surface area contributed by atoms with E-state index in [1.54, 1.807) is 23.4 Å². The summed E-state index contributed by atoms with van der Waals surface area (Å²) in [5.74, 6) is -0.551. The smallest absolute Gasteiger partial charge is 0.251 e. The zero-order valence-corrected chi connectivity index (χ0v) is 26.0. The zero-order valence-electron chi connectivity index (χ0n) is 26.0. The molecular formula is C36H43N5O3. The van der Waals surface area contributed by atoms with Gasteiger partial charge in [-0.1, -0.05) is 88.6 Å². The van der Waals surface area contributed by atoms with E-state index in [-0.39, 0.29) is 29.4 Å². The van der Waals surface area contributed by atoms with Gasteiger partial charge in [-0.3, -0.25) is 24.4 Å². The fraction of sp³-hybridized carbons (Fsp3) is 0.444. The summed E-state index contributed by atoms with van der Waals surface area (Å²) in [5, 5.41) is 13.4. The number of carbonyl (C=O) groups excluding carboxylic acids is 2. The summed E-state index contributed by atoms with van der Waals surface area (Å²) in [5.41, 5.74) is 3.28. The van der Waals surface area contributed by atoms with Crippen molar-refractivity contribution in [1.82, 2.24) is 15.2 Å². The molecule has 1 saturated heterocycles. The first-order chi connectivity index (χ1) is 21.2. The lowest BCUT2D eigenvalue weighted by Crippen LogP contribution is -2.51. The SMILES string of the molecule is CC(C)(C)c1ccc(N(C(=O)C2CC(OCc3ccccc3)CN2C#N)C(C(=O)NC2CCCCC2)c2cccnc2)cc1. The van der Waals surface area contributed by atoms with Crippen LogP contribution in [0.3, 0.4) is 0 Å². The van der Waals surface area contributed by atoms with E-state index in [0.29, 0.717) is 30.8 Å². The van der Waals surface area contributed by atoms with Gasteiger partial charge in [0.25, 0.3) is 5.91 Å². The lowest BCUT2D eigenvalue weighted by molar-refractivity contribution is -0.128. The van der Waals surface area contributed by atoms with Crippen LogP contribution in [0.1, 0.15) is 82.0 Å². The fourth-order valence-corrected chi connectivity index (χ4v) is 6.22. The van der Waals surface area contributed by atoms with Crippen LogP contribution in [-0.4, -0.2) is 46.4 Å². The van der Waals surface area contributed by atoms with Crippen molar-refractivity contribution in [1.29, 1.82) is 5.26 Å². The second-order valence-electron chi connectivity index (χ2n) is 13.0. The van der Waals surface area contributed by atoms with Crippen LogP contribution in [0.25, 0.3) is 0 Å². The van der Waals surface area contributed by atoms with Gasteiger partial charge >= 0.3 is 0 Å². The standard InChI is InChI=1S/C36H43N5O3/c1-36(2,3)28-16-18-30(19-17-28)41(33(27-13-10-20-38-22-27)34(42)39-29-14-8-5-9-15-29)35(43)32-21-31(23-40(32)25-37)44-24-26-11-6-4-7-12-26/h4,6-7,10-13,16-20,22,29,31-33H,5,8-9,14-15,21,23-24H2,1-3H3,(H,39,42). The molecule has 1 aliphatic heterocycles. The van der Waals surface area contributed by atoms with E-state index < -0.39 is 12.1 Å². The molecule has 8 nitrogen and oxygen atoms in total. The number of benzene rings is 2. The molecule has 3 unspecified atom stereocenters. The molecule has 3 aromatic rings. The summed E-state index contributed by atoms with van der Waals surface area (Å²) in [6.07, 6.45) is 10.7. The molecule has 230 valence electrons. The molecule has 5 rings (SSSR count). The monoisotopic (exact) mass is 593 g/mol. The number of pyridine rings is 1. The summed E-state index contributed by atoms with van der Waals surface area (Å²) in [6.45, 7) is 7.12. The van der Waals surface area contributed by atoms with Crippen molar-refractivity contribution < 1.29 is 14.3 Å². The highest BCUT2D eigenvalue weighted by molar-refractivity contribution is 6.04. The predicted molar refractivity (Wildman–Crippen MR) is 170 cm³/mol. The number of nitrogens with one attached hydrogen (secondary N) is 1. The number of likely N-dealkylation sites (tertiary alicyclic amines) is 1. The van der Waals surface area contributed by atoms with E-state index in [1.165, 1.54) is 11.3 Å². The Labute approximate surface area is 261 Å². The van der Waals surface area contributed by atoms with Crippen molar-refractivity contribution in [3.8, 4) is 6.19 Å². The van der Waals surface area contributed by atoms with Gasteiger partial charge in [0.1, 0.15) is 12.1 Å². The maximum atomic E-state index is 14.7. The number of amides is 2. The number of hydrogen-bond acceptors (Lipinski definition) is 6. The van der Waals surface area contributed by atoms with Crippen molar-refractivity contribution in [3.05, 3.63) is 95.8 Å². The molecule has 0 bridgehead atoms. The topological polar surface area (TPSA) is 98.6 Å². The van der Waals surface area contributed by atoms with Crippen LogP contribution in [0.2, 0.25) is 0 Å². The molecule has 1 aliphatic carbocycles. The van der Waals surface area contributed by atoms with E-state index in [2.05, 4.69) is 37.3 Å². The molecule has 2 fully saturated rings. The summed E-state index contributed by atoms with van der Waals surface area (Å²) in [4.78, 5) is 36.3. The summed E-state index contributed by atoms with van der Waals surface area (Å²) >= 11 is 0. The highest BCUT2D eigenvalue weighted by atomic mass is 16.5. The largest absolute Gasteiger partial charge is 0.372 e. The first-order valence-electron chi connectivity index (χ1n) is 15.7. The number of carbonyl (C=O) groups is 2. The maximum Gasteiger partial charge on any atom is 0.251 e. The Hall–Kier alpha value is -4.22. The van der Waals surface area contributed by atoms with Crippen LogP contribution in [-0.2, 0) is 26.3 Å². The molecule has 2 heterocycles. The Bertz CT molecular complexity index is 1430. The average molecular weight is 594 g/mol. The molecule has 0 radical (unpaired) electrons. The van der Waals surface area contributed by atoms with Gasteiger partial charge < -0.3 is 10.1 Å². The number of aromatic nitrogens is 1. The lowest BCUT2D eigenvalue weighted by Gasteiger charge is -2.35. The first-order valence-corrected chi connectivity index (χ1v) is 15.7. The van der Waals surface area contributed by atoms with Gasteiger partial charge in [0.2, 0.25) is 5.91 Å². The quantitative estimate of drug-likeness (QED) is 0.304. The molecule has 3 atom stereocenters. The minimum absolute atomic E-state index is 0.0634. The molecule has 2 aromatic carbocycles. The first kappa shape index (κ1) is 31.2. The summed E-state index contributed by atoms with van der Waals surface area (Å²) < 4.78 is 6.18. The molecule has 2 aliphatic rings. The minimum atomic E-state index is -0.955. The molecule has 8 heteroatoms. The van der Waals surface area contributed by atoms with Gasteiger partial charge in [0.15, 0.2) is 6.19 Å². The molecule has 1 N–H and O–H groups in total. The normalized spacial score (nSPS) is 19.6. The predicted octanol–water partition coefficient (Wildman–Crippen LogP) is 6.04. The van der Waals surface area contributed by atoms with Crippen LogP contribution < -0.4 is 10.2 Å². The molecule has 1 aromatic heterocycles. The van der Waals surface area contributed by atoms with E-state index in [4.69, 9.17) is 4.74 Å². The fourth-order valence-electron chi connectivity index (χ4n) is 6.22. The molecule has 44 heavy (non-hydrogen) atoms. The highest BCUT2D eigenvalue weighted by Crippen LogP contribution is 2.34. The summed E-state index contributed by atoms with van der Waals surface area (Å²) in [7, 11) is 0. The van der Waals surface area contributed by atoms with Gasteiger partial charge in [0.05, 0.1) is 19.3 Å². The number of ether oxygens (including phenoxy) is 1. The van der Waals surface area contributed by atoms with Crippen molar-refractivity contribution in [2.24, 2.45) is 0 Å². The van der Waals surface area contributed by atoms with Crippen LogP contribution in [0.15, 0.2) is 79.1 Å². The molecule has 0 spiro atoms. The van der Waals surface area contributed by atoms with Crippen molar-refractivity contribution in [2.45, 2.75) is 95.5 Å². The van der Waals surface area contributed by atoms with Crippen molar-refractivity contribution >= 4 is 17.5 Å². The Morgan fingerprint density at radius 2 is 1.77 bits per heavy atom. The Balaban J connectivity index is 1.49. The average Bonchev–Trinajstić information content (AvgIpc) is 3.47. The van der Waals surface area contributed by atoms with Gasteiger partial charge in [-0.15, -0.1) is 0 Å². The molecule has 1 saturated carbocycles. The van der Waals surface area contributed by atoms with E-state index in [1.807, 2.05) is 60.7 Å². The minimum Gasteiger partial charge on any atom is -0.372 e. The molecular weight excluding hydrogens is 550 g/mol. The van der Waals surface area contributed by atoms with Gasteiger partial charge in [-0.25, -0.2) is 0 Å². The van der Waals surface area contributed by atoms with Crippen LogP contribution in [0, 0.1) is 11.5 Å². The Kier molecular flexibility index (Phi) is 9.96. The van der Waals surface area contributed by atoms with E-state index in [9.17, 15) is 14.9 Å². The highest BCUT2D eigenvalue weighted by Gasteiger charge is 2.43. The number of nitriles is 1. The Morgan fingerprint density at radius 3 is 2.41 bits per heavy atom. The summed E-state index contributed by atoms with van der Waals surface area (Å²) in [6, 6.07) is 19.7. The van der Waals surface area contributed by atoms with Gasteiger partial charge in [0, 0.05) is 36.1 Å². The number of nitrogens with zero attached hydrogens (tertiary/aromatic N) is 4. The van der Waals surface area contributed by atoms with E-state index in [0.717, 1.165) is 36.8 Å². The van der Waals surface area contributed by atoms with Crippen LogP contribution in [0.5, 0.6) is 0 Å². The lowest BCUT2D eigenvalue weighted by atomic mass is 9.87. The van der Waals surface area contributed by atoms with Gasteiger partial charge in [-0.2, -0.15) is 5.26 Å². The maximum absolute atomic E-state index is 14.7.